The predicted molar refractivity (Wildman–Crippen MR) is 135 cm³/mol. The number of carbonyl (C=O) groups excluding carboxylic acids is 1. The van der Waals surface area contributed by atoms with E-state index in [0.717, 1.165) is 40.2 Å². The van der Waals surface area contributed by atoms with Gasteiger partial charge in [-0.2, -0.15) is 0 Å². The molecule has 0 aromatic heterocycles. The van der Waals surface area contributed by atoms with E-state index >= 15 is 0 Å². The number of amides is 1. The average molecular weight is 515 g/mol. The van der Waals surface area contributed by atoms with Crippen molar-refractivity contribution >= 4 is 50.5 Å². The Morgan fingerprint density at radius 1 is 1.09 bits per heavy atom. The van der Waals surface area contributed by atoms with Gasteiger partial charge in [-0.25, -0.2) is 4.99 Å². The van der Waals surface area contributed by atoms with Gasteiger partial charge in [-0.1, -0.05) is 53.9 Å². The van der Waals surface area contributed by atoms with Crippen LogP contribution in [0.3, 0.4) is 0 Å². The van der Waals surface area contributed by atoms with Gasteiger partial charge in [0.1, 0.15) is 0 Å². The van der Waals surface area contributed by atoms with Gasteiger partial charge in [0.15, 0.2) is 16.7 Å². The van der Waals surface area contributed by atoms with Gasteiger partial charge in [0.2, 0.25) is 0 Å². The maximum atomic E-state index is 13.6. The molecule has 1 saturated carbocycles. The van der Waals surface area contributed by atoms with E-state index in [1.54, 1.807) is 14.2 Å². The summed E-state index contributed by atoms with van der Waals surface area (Å²) in [6, 6.07) is 13.7. The van der Waals surface area contributed by atoms with Gasteiger partial charge in [0, 0.05) is 10.5 Å². The first-order valence-electron chi connectivity index (χ1n) is 10.8. The fourth-order valence-corrected chi connectivity index (χ4v) is 5.74. The van der Waals surface area contributed by atoms with Crippen LogP contribution in [0.15, 0.2) is 56.8 Å². The number of carbonyl (C=O) groups is 1. The SMILES string of the molecule is COc1cc(Br)c(/C=C2\SC(=Nc3ccccc3)N([C@@H]3CCCC[C@H]3C)C2=O)cc1OC. The number of halogens is 1. The van der Waals surface area contributed by atoms with E-state index in [1.807, 2.05) is 53.4 Å². The number of para-hydroxylation sites is 1. The van der Waals surface area contributed by atoms with Crippen molar-refractivity contribution in [2.45, 2.75) is 38.6 Å². The van der Waals surface area contributed by atoms with Crippen LogP contribution in [0.25, 0.3) is 6.08 Å². The van der Waals surface area contributed by atoms with Crippen LogP contribution < -0.4 is 9.47 Å². The van der Waals surface area contributed by atoms with Crippen molar-refractivity contribution in [3.8, 4) is 11.5 Å². The molecule has 0 radical (unpaired) electrons. The Kier molecular flexibility index (Phi) is 7.26. The number of amidine groups is 1. The molecule has 1 saturated heterocycles. The summed E-state index contributed by atoms with van der Waals surface area (Å²) >= 11 is 5.04. The van der Waals surface area contributed by atoms with Crippen molar-refractivity contribution in [3.63, 3.8) is 0 Å². The molecule has 0 bridgehead atoms. The van der Waals surface area contributed by atoms with Crippen LogP contribution >= 0.6 is 27.7 Å². The summed E-state index contributed by atoms with van der Waals surface area (Å²) < 4.78 is 11.7. The van der Waals surface area contributed by atoms with Gasteiger partial charge in [0.25, 0.3) is 5.91 Å². The first kappa shape index (κ1) is 22.9. The zero-order valence-electron chi connectivity index (χ0n) is 18.5. The predicted octanol–water partition coefficient (Wildman–Crippen LogP) is 6.65. The first-order valence-corrected chi connectivity index (χ1v) is 12.4. The zero-order chi connectivity index (χ0) is 22.7. The zero-order valence-corrected chi connectivity index (χ0v) is 20.9. The molecule has 7 heteroatoms. The third-order valence-corrected chi connectivity index (χ3v) is 7.67. The summed E-state index contributed by atoms with van der Waals surface area (Å²) in [6.07, 6.45) is 6.42. The summed E-state index contributed by atoms with van der Waals surface area (Å²) in [7, 11) is 3.21. The van der Waals surface area contributed by atoms with Crippen LogP contribution in [0.4, 0.5) is 5.69 Å². The lowest BCUT2D eigenvalue weighted by Crippen LogP contribution is -2.44. The molecule has 2 aliphatic rings. The lowest BCUT2D eigenvalue weighted by molar-refractivity contribution is -0.124. The molecule has 1 aliphatic carbocycles. The molecule has 2 fully saturated rings. The number of nitrogens with zero attached hydrogens (tertiary/aromatic N) is 2. The van der Waals surface area contributed by atoms with E-state index in [1.165, 1.54) is 18.2 Å². The number of rotatable bonds is 5. The van der Waals surface area contributed by atoms with Crippen molar-refractivity contribution < 1.29 is 14.3 Å². The van der Waals surface area contributed by atoms with E-state index < -0.39 is 0 Å². The third kappa shape index (κ3) is 4.74. The number of hydrogen-bond donors (Lipinski definition) is 0. The Labute approximate surface area is 202 Å². The molecule has 1 aliphatic heterocycles. The third-order valence-electron chi connectivity index (χ3n) is 6.01. The van der Waals surface area contributed by atoms with Crippen LogP contribution in [0.5, 0.6) is 11.5 Å². The highest BCUT2D eigenvalue weighted by atomic mass is 79.9. The minimum absolute atomic E-state index is 0.0186. The number of aliphatic imine (C=N–C) groups is 1. The maximum Gasteiger partial charge on any atom is 0.267 e. The van der Waals surface area contributed by atoms with Gasteiger partial charge in [-0.05, 0) is 66.4 Å². The molecule has 1 amide bonds. The molecule has 4 rings (SSSR count). The summed E-state index contributed by atoms with van der Waals surface area (Å²) in [6.45, 7) is 2.24. The Bertz CT molecular complexity index is 1050. The Morgan fingerprint density at radius 2 is 1.78 bits per heavy atom. The Balaban J connectivity index is 1.75. The van der Waals surface area contributed by atoms with E-state index in [9.17, 15) is 4.79 Å². The van der Waals surface area contributed by atoms with Gasteiger partial charge in [0.05, 0.1) is 24.8 Å². The minimum Gasteiger partial charge on any atom is -0.493 e. The lowest BCUT2D eigenvalue weighted by atomic mass is 9.85. The van der Waals surface area contributed by atoms with E-state index in [0.29, 0.717) is 22.3 Å². The summed E-state index contributed by atoms with van der Waals surface area (Å²) in [4.78, 5) is 21.1. The molecule has 168 valence electrons. The molecular weight excluding hydrogens is 488 g/mol. The van der Waals surface area contributed by atoms with E-state index in [2.05, 4.69) is 22.9 Å². The Hall–Kier alpha value is -2.25. The van der Waals surface area contributed by atoms with Crippen molar-refractivity contribution in [1.29, 1.82) is 0 Å². The van der Waals surface area contributed by atoms with Crippen molar-refractivity contribution in [2.24, 2.45) is 10.9 Å². The highest BCUT2D eigenvalue weighted by Gasteiger charge is 2.41. The fourth-order valence-electron chi connectivity index (χ4n) is 4.27. The summed E-state index contributed by atoms with van der Waals surface area (Å²) in [5, 5.41) is 0.753. The molecule has 0 spiro atoms. The standard InChI is InChI=1S/C25H27BrN2O3S/c1-16-9-7-8-12-20(16)28-24(29)23(32-25(28)27-18-10-5-4-6-11-18)14-17-13-21(30-2)22(31-3)15-19(17)26/h4-6,10-11,13-16,20H,7-9,12H2,1-3H3/b23-14-,27-25?/t16-,20-/m1/s1. The molecule has 0 N–H and O–H groups in total. The number of hydrogen-bond acceptors (Lipinski definition) is 5. The molecule has 2 aromatic carbocycles. The fraction of sp³-hybridized carbons (Fsp3) is 0.360. The topological polar surface area (TPSA) is 51.1 Å². The van der Waals surface area contributed by atoms with Crippen LogP contribution in [0, 0.1) is 5.92 Å². The molecule has 2 atom stereocenters. The van der Waals surface area contributed by atoms with Crippen molar-refractivity contribution in [3.05, 3.63) is 57.4 Å². The number of thioether (sulfide) groups is 1. The molecule has 5 nitrogen and oxygen atoms in total. The highest BCUT2D eigenvalue weighted by Crippen LogP contribution is 2.41. The number of benzene rings is 2. The second kappa shape index (κ2) is 10.1. The number of methoxy groups -OCH3 is 2. The Morgan fingerprint density at radius 3 is 2.47 bits per heavy atom. The molecular formula is C25H27BrN2O3S. The van der Waals surface area contributed by atoms with Gasteiger partial charge >= 0.3 is 0 Å². The van der Waals surface area contributed by atoms with Crippen LogP contribution in [-0.2, 0) is 4.79 Å². The minimum atomic E-state index is 0.0186. The van der Waals surface area contributed by atoms with E-state index in [-0.39, 0.29) is 11.9 Å². The van der Waals surface area contributed by atoms with Gasteiger partial charge in [-0.15, -0.1) is 0 Å². The van der Waals surface area contributed by atoms with Crippen LogP contribution in [0.1, 0.15) is 38.2 Å². The molecule has 1 heterocycles. The second-order valence-corrected chi connectivity index (χ2v) is 9.94. The second-order valence-electron chi connectivity index (χ2n) is 8.07. The summed E-state index contributed by atoms with van der Waals surface area (Å²) in [5.41, 5.74) is 1.71. The first-order chi connectivity index (χ1) is 15.5. The van der Waals surface area contributed by atoms with Crippen molar-refractivity contribution in [1.82, 2.24) is 4.90 Å². The van der Waals surface area contributed by atoms with E-state index in [4.69, 9.17) is 14.5 Å². The largest absolute Gasteiger partial charge is 0.493 e. The maximum absolute atomic E-state index is 13.6. The molecule has 2 aromatic rings. The normalized spacial score (nSPS) is 23.8. The summed E-state index contributed by atoms with van der Waals surface area (Å²) in [5.74, 6) is 1.72. The van der Waals surface area contributed by atoms with Gasteiger partial charge in [-0.3, -0.25) is 9.69 Å². The van der Waals surface area contributed by atoms with Crippen LogP contribution in [0.2, 0.25) is 0 Å². The molecule has 0 unspecified atom stereocenters. The highest BCUT2D eigenvalue weighted by molar-refractivity contribution is 9.10. The molecule has 32 heavy (non-hydrogen) atoms. The number of ether oxygens (including phenoxy) is 2. The van der Waals surface area contributed by atoms with Crippen LogP contribution in [-0.4, -0.2) is 36.2 Å². The quantitative estimate of drug-likeness (QED) is 0.419. The van der Waals surface area contributed by atoms with Gasteiger partial charge < -0.3 is 9.47 Å². The average Bonchev–Trinajstić information content (AvgIpc) is 3.10. The monoisotopic (exact) mass is 514 g/mol. The van der Waals surface area contributed by atoms with Crippen molar-refractivity contribution in [2.75, 3.05) is 14.2 Å². The lowest BCUT2D eigenvalue weighted by Gasteiger charge is -2.35. The smallest absolute Gasteiger partial charge is 0.267 e.